The van der Waals surface area contributed by atoms with Gasteiger partial charge in [0.1, 0.15) is 5.69 Å². The molecule has 1 amide bonds. The van der Waals surface area contributed by atoms with Gasteiger partial charge in [-0.3, -0.25) is 14.6 Å². The lowest BCUT2D eigenvalue weighted by atomic mass is 9.81. The molecule has 9 heteroatoms. The van der Waals surface area contributed by atoms with Gasteiger partial charge >= 0.3 is 6.18 Å². The lowest BCUT2D eigenvalue weighted by Gasteiger charge is -2.46. The molecular formula is C43H56F3N5O. The Morgan fingerprint density at radius 3 is 1.71 bits per heavy atom. The standard InChI is InChI=1S/C27H30F3N3O.C16H26N2/c1-3-33(4-2)26(16-10-11-17-26)24(19-12-6-5-7-13-19)32-25(34)21-18-23(27(28,29)30)31-22-15-9-8-14-20(21)22;1-3-18(4-2)16(12-8-9-13-16)15(17)14-10-6-5-7-11-14/h5-9,12-15,18,24H,3-4,10-11,16-17H2,1-2H3,(H,32,34);5-7,10-11,15H,3-4,8-9,12-13,17H2,1-2H3. The lowest BCUT2D eigenvalue weighted by Crippen LogP contribution is -2.56. The van der Waals surface area contributed by atoms with Crippen LogP contribution in [0.1, 0.15) is 118 Å². The molecule has 0 radical (unpaired) electrons. The molecule has 2 saturated carbocycles. The topological polar surface area (TPSA) is 74.5 Å². The second-order valence-corrected chi connectivity index (χ2v) is 14.2. The zero-order valence-corrected chi connectivity index (χ0v) is 31.3. The van der Waals surface area contributed by atoms with Crippen LogP contribution in [0.5, 0.6) is 0 Å². The molecule has 4 aromatic rings. The van der Waals surface area contributed by atoms with Crippen molar-refractivity contribution in [2.75, 3.05) is 26.2 Å². The number of para-hydroxylation sites is 1. The number of nitrogens with one attached hydrogen (secondary N) is 1. The molecule has 1 heterocycles. The molecule has 2 aliphatic carbocycles. The molecule has 52 heavy (non-hydrogen) atoms. The highest BCUT2D eigenvalue weighted by Gasteiger charge is 2.47. The summed E-state index contributed by atoms with van der Waals surface area (Å²) in [6.07, 6.45) is 4.40. The number of hydrogen-bond acceptors (Lipinski definition) is 5. The van der Waals surface area contributed by atoms with Crippen LogP contribution in [0.4, 0.5) is 13.2 Å². The van der Waals surface area contributed by atoms with E-state index >= 15 is 0 Å². The van der Waals surface area contributed by atoms with Gasteiger partial charge in [0.15, 0.2) is 0 Å². The first kappa shape index (κ1) is 39.4. The third-order valence-corrected chi connectivity index (χ3v) is 11.7. The van der Waals surface area contributed by atoms with Gasteiger partial charge in [0.25, 0.3) is 5.91 Å². The van der Waals surface area contributed by atoms with Crippen LogP contribution in [-0.4, -0.2) is 57.9 Å². The average Bonchev–Trinajstić information content (AvgIpc) is 3.87. The maximum atomic E-state index is 13.7. The Labute approximate surface area is 308 Å². The molecule has 1 aromatic heterocycles. The molecule has 2 fully saturated rings. The Bertz CT molecular complexity index is 1710. The Hall–Kier alpha value is -3.79. The van der Waals surface area contributed by atoms with Crippen LogP contribution in [0.15, 0.2) is 91.0 Å². The predicted molar refractivity (Wildman–Crippen MR) is 205 cm³/mol. The molecule has 2 unspecified atom stereocenters. The number of halogens is 3. The van der Waals surface area contributed by atoms with Crippen molar-refractivity contribution in [3.8, 4) is 0 Å². The van der Waals surface area contributed by atoms with Gasteiger partial charge in [0.2, 0.25) is 0 Å². The Balaban J connectivity index is 0.000000244. The van der Waals surface area contributed by atoms with E-state index in [4.69, 9.17) is 5.73 Å². The number of alkyl halides is 3. The van der Waals surface area contributed by atoms with Crippen LogP contribution in [-0.2, 0) is 6.18 Å². The highest BCUT2D eigenvalue weighted by atomic mass is 19.4. The number of nitrogens with two attached hydrogens (primary N) is 1. The molecule has 6 rings (SSSR count). The summed E-state index contributed by atoms with van der Waals surface area (Å²) in [5, 5.41) is 3.58. The summed E-state index contributed by atoms with van der Waals surface area (Å²) in [7, 11) is 0. The summed E-state index contributed by atoms with van der Waals surface area (Å²) in [6, 6.07) is 27.5. The van der Waals surface area contributed by atoms with Gasteiger partial charge in [-0.1, -0.05) is 132 Å². The van der Waals surface area contributed by atoms with E-state index in [1.807, 2.05) is 30.3 Å². The quantitative estimate of drug-likeness (QED) is 0.153. The molecule has 6 nitrogen and oxygen atoms in total. The van der Waals surface area contributed by atoms with E-state index in [1.165, 1.54) is 37.3 Å². The molecule has 0 saturated heterocycles. The van der Waals surface area contributed by atoms with Gasteiger partial charge in [-0.05, 0) is 75.1 Å². The van der Waals surface area contributed by atoms with Crippen LogP contribution in [0.25, 0.3) is 10.9 Å². The van der Waals surface area contributed by atoms with Gasteiger partial charge in [-0.2, -0.15) is 13.2 Å². The van der Waals surface area contributed by atoms with Crippen molar-refractivity contribution in [2.45, 2.75) is 108 Å². The van der Waals surface area contributed by atoms with Crippen molar-refractivity contribution in [3.05, 3.63) is 113 Å². The van der Waals surface area contributed by atoms with Gasteiger partial charge in [-0.25, -0.2) is 4.98 Å². The first-order valence-electron chi connectivity index (χ1n) is 19.2. The molecule has 0 bridgehead atoms. The van der Waals surface area contributed by atoms with Gasteiger partial charge in [-0.15, -0.1) is 0 Å². The van der Waals surface area contributed by atoms with Gasteiger partial charge < -0.3 is 11.1 Å². The second kappa shape index (κ2) is 17.4. The number of carbonyl (C=O) groups is 1. The van der Waals surface area contributed by atoms with Crippen molar-refractivity contribution in [2.24, 2.45) is 5.73 Å². The summed E-state index contributed by atoms with van der Waals surface area (Å²) in [5.74, 6) is -0.517. The first-order valence-corrected chi connectivity index (χ1v) is 19.2. The maximum Gasteiger partial charge on any atom is 0.433 e. The number of amides is 1. The Morgan fingerprint density at radius 2 is 1.19 bits per heavy atom. The maximum absolute atomic E-state index is 13.7. The Morgan fingerprint density at radius 1 is 0.731 bits per heavy atom. The minimum Gasteiger partial charge on any atom is -0.343 e. The average molecular weight is 716 g/mol. The number of pyridine rings is 1. The third kappa shape index (κ3) is 8.22. The normalized spacial score (nSPS) is 17.9. The largest absolute Gasteiger partial charge is 0.433 e. The summed E-state index contributed by atoms with van der Waals surface area (Å²) in [6.45, 7) is 12.6. The monoisotopic (exact) mass is 715 g/mol. The number of fused-ring (bicyclic) bond motifs is 1. The minimum absolute atomic E-state index is 0.00782. The highest BCUT2D eigenvalue weighted by Crippen LogP contribution is 2.45. The van der Waals surface area contributed by atoms with Crippen molar-refractivity contribution >= 4 is 16.8 Å². The van der Waals surface area contributed by atoms with E-state index in [0.29, 0.717) is 5.39 Å². The third-order valence-electron chi connectivity index (χ3n) is 11.7. The minimum atomic E-state index is -4.65. The zero-order chi connectivity index (χ0) is 37.4. The summed E-state index contributed by atoms with van der Waals surface area (Å²) >= 11 is 0. The summed E-state index contributed by atoms with van der Waals surface area (Å²) in [5.41, 5.74) is 7.86. The number of likely N-dealkylation sites (N-methyl/N-ethyl adjacent to an activating group) is 2. The molecule has 3 N–H and O–H groups in total. The molecule has 0 aliphatic heterocycles. The first-order chi connectivity index (χ1) is 25.0. The fourth-order valence-corrected chi connectivity index (χ4v) is 9.15. The van der Waals surface area contributed by atoms with E-state index < -0.39 is 17.8 Å². The van der Waals surface area contributed by atoms with Crippen LogP contribution < -0.4 is 11.1 Å². The van der Waals surface area contributed by atoms with Crippen LogP contribution in [0.2, 0.25) is 0 Å². The number of aromatic nitrogens is 1. The van der Waals surface area contributed by atoms with E-state index in [1.54, 1.807) is 18.2 Å². The van der Waals surface area contributed by atoms with Crippen LogP contribution in [0.3, 0.4) is 0 Å². The van der Waals surface area contributed by atoms with E-state index in [9.17, 15) is 18.0 Å². The molecule has 2 aliphatic rings. The fraction of sp³-hybridized carbons (Fsp3) is 0.488. The van der Waals surface area contributed by atoms with Gasteiger partial charge in [0, 0.05) is 22.5 Å². The second-order valence-electron chi connectivity index (χ2n) is 14.2. The van der Waals surface area contributed by atoms with Crippen LogP contribution >= 0.6 is 0 Å². The van der Waals surface area contributed by atoms with Crippen molar-refractivity contribution in [3.63, 3.8) is 0 Å². The SMILES string of the molecule is CCN(CC)C1(C(N)c2ccccc2)CCCC1.CCN(CC)C1(C(NC(=O)c2cc(C(F)(F)F)nc3ccccc23)c2ccccc2)CCCC1. The highest BCUT2D eigenvalue weighted by molar-refractivity contribution is 6.06. The zero-order valence-electron chi connectivity index (χ0n) is 31.3. The van der Waals surface area contributed by atoms with Crippen LogP contribution in [0, 0.1) is 0 Å². The molecule has 2 atom stereocenters. The summed E-state index contributed by atoms with van der Waals surface area (Å²) < 4.78 is 40.8. The van der Waals surface area contributed by atoms with E-state index in [2.05, 4.69) is 78.1 Å². The molecule has 280 valence electrons. The van der Waals surface area contributed by atoms with E-state index in [-0.39, 0.29) is 34.2 Å². The number of nitrogens with zero attached hydrogens (tertiary/aromatic N) is 3. The molecular weight excluding hydrogens is 660 g/mol. The number of hydrogen-bond donors (Lipinski definition) is 2. The lowest BCUT2D eigenvalue weighted by molar-refractivity contribution is -0.141. The number of carbonyl (C=O) groups excluding carboxylic acids is 1. The van der Waals surface area contributed by atoms with Crippen molar-refractivity contribution < 1.29 is 18.0 Å². The van der Waals surface area contributed by atoms with E-state index in [0.717, 1.165) is 63.5 Å². The van der Waals surface area contributed by atoms with Crippen molar-refractivity contribution in [1.29, 1.82) is 0 Å². The number of benzene rings is 3. The van der Waals surface area contributed by atoms with Crippen molar-refractivity contribution in [1.82, 2.24) is 20.1 Å². The number of rotatable bonds is 12. The smallest absolute Gasteiger partial charge is 0.343 e. The predicted octanol–water partition coefficient (Wildman–Crippen LogP) is 9.72. The fourth-order valence-electron chi connectivity index (χ4n) is 9.15. The van der Waals surface area contributed by atoms with Gasteiger partial charge in [0.05, 0.1) is 17.1 Å². The molecule has 3 aromatic carbocycles. The Kier molecular flexibility index (Phi) is 13.2. The molecule has 0 spiro atoms. The summed E-state index contributed by atoms with van der Waals surface area (Å²) in [4.78, 5) is 22.4.